The Kier molecular flexibility index (Phi) is 11.4. The van der Waals surface area contributed by atoms with Gasteiger partial charge in [0, 0.05) is 19.5 Å². The zero-order valence-electron chi connectivity index (χ0n) is 15.4. The van der Waals surface area contributed by atoms with Crippen LogP contribution in [0.15, 0.2) is 24.3 Å². The Labute approximate surface area is 164 Å². The number of amides is 1. The molecule has 0 unspecified atom stereocenters. The van der Waals surface area contributed by atoms with E-state index in [1.165, 1.54) is 30.4 Å². The lowest BCUT2D eigenvalue weighted by atomic mass is 9.71. The SMILES string of the molecule is CN(C)Cc1ccccc1CNC(=O)CC1(CN)CCCCC1.Cl.Cl. The normalized spacial score (nSPS) is 15.8. The van der Waals surface area contributed by atoms with Crippen molar-refractivity contribution in [3.63, 3.8) is 0 Å². The fourth-order valence-electron chi connectivity index (χ4n) is 3.58. The Morgan fingerprint density at radius 2 is 1.72 bits per heavy atom. The molecule has 0 atom stereocenters. The van der Waals surface area contributed by atoms with Crippen LogP contribution in [0, 0.1) is 5.41 Å². The Morgan fingerprint density at radius 3 is 2.28 bits per heavy atom. The molecule has 1 aromatic carbocycles. The highest BCUT2D eigenvalue weighted by Crippen LogP contribution is 2.38. The highest BCUT2D eigenvalue weighted by molar-refractivity contribution is 5.85. The second kappa shape index (κ2) is 11.7. The maximum absolute atomic E-state index is 12.4. The number of carbonyl (C=O) groups excluding carboxylic acids is 1. The summed E-state index contributed by atoms with van der Waals surface area (Å²) in [4.78, 5) is 14.6. The van der Waals surface area contributed by atoms with Gasteiger partial charge < -0.3 is 16.0 Å². The zero-order chi connectivity index (χ0) is 16.7. The fraction of sp³-hybridized carbons (Fsp3) is 0.632. The highest BCUT2D eigenvalue weighted by Gasteiger charge is 2.32. The van der Waals surface area contributed by atoms with Gasteiger partial charge in [-0.25, -0.2) is 0 Å². The van der Waals surface area contributed by atoms with E-state index in [1.54, 1.807) is 0 Å². The van der Waals surface area contributed by atoms with Crippen molar-refractivity contribution >= 4 is 30.7 Å². The van der Waals surface area contributed by atoms with E-state index in [9.17, 15) is 4.79 Å². The van der Waals surface area contributed by atoms with E-state index in [0.29, 0.717) is 19.5 Å². The number of carbonyl (C=O) groups is 1. The van der Waals surface area contributed by atoms with Crippen molar-refractivity contribution < 1.29 is 4.79 Å². The van der Waals surface area contributed by atoms with Gasteiger partial charge in [0.1, 0.15) is 0 Å². The van der Waals surface area contributed by atoms with E-state index in [1.807, 2.05) is 6.07 Å². The maximum atomic E-state index is 12.4. The van der Waals surface area contributed by atoms with Gasteiger partial charge in [0.25, 0.3) is 0 Å². The first-order chi connectivity index (χ1) is 11.0. The predicted octanol–water partition coefficient (Wildman–Crippen LogP) is 3.51. The van der Waals surface area contributed by atoms with Crippen LogP contribution in [-0.4, -0.2) is 31.4 Å². The number of halogens is 2. The molecule has 4 nitrogen and oxygen atoms in total. The van der Waals surface area contributed by atoms with Crippen LogP contribution in [0.25, 0.3) is 0 Å². The number of hydrogen-bond acceptors (Lipinski definition) is 3. The van der Waals surface area contributed by atoms with Gasteiger partial charge in [-0.05, 0) is 50.0 Å². The second-order valence-corrected chi connectivity index (χ2v) is 7.22. The molecule has 6 heteroatoms. The third-order valence-corrected chi connectivity index (χ3v) is 4.96. The lowest BCUT2D eigenvalue weighted by Crippen LogP contribution is -2.38. The summed E-state index contributed by atoms with van der Waals surface area (Å²) in [6.45, 7) is 2.11. The minimum Gasteiger partial charge on any atom is -0.352 e. The van der Waals surface area contributed by atoms with Gasteiger partial charge in [-0.3, -0.25) is 4.79 Å². The third-order valence-electron chi connectivity index (χ3n) is 4.96. The molecule has 0 radical (unpaired) electrons. The molecule has 1 aliphatic carbocycles. The Hall–Kier alpha value is -0.810. The van der Waals surface area contributed by atoms with Crippen LogP contribution < -0.4 is 11.1 Å². The largest absolute Gasteiger partial charge is 0.352 e. The number of nitrogens with two attached hydrogens (primary N) is 1. The summed E-state index contributed by atoms with van der Waals surface area (Å²) in [5, 5.41) is 3.11. The maximum Gasteiger partial charge on any atom is 0.220 e. The van der Waals surface area contributed by atoms with Crippen LogP contribution in [0.5, 0.6) is 0 Å². The van der Waals surface area contributed by atoms with E-state index in [-0.39, 0.29) is 36.1 Å². The first-order valence-electron chi connectivity index (χ1n) is 8.73. The number of benzene rings is 1. The van der Waals surface area contributed by atoms with E-state index >= 15 is 0 Å². The van der Waals surface area contributed by atoms with E-state index in [0.717, 1.165) is 19.4 Å². The fourth-order valence-corrected chi connectivity index (χ4v) is 3.58. The third kappa shape index (κ3) is 7.53. The standard InChI is InChI=1S/C19H31N3O.2ClH/c1-22(2)14-17-9-5-4-8-16(17)13-21-18(23)12-19(15-20)10-6-3-7-11-19;;/h4-5,8-9H,3,6-7,10-15,20H2,1-2H3,(H,21,23);2*1H. The average molecular weight is 390 g/mol. The Morgan fingerprint density at radius 1 is 1.12 bits per heavy atom. The highest BCUT2D eigenvalue weighted by atomic mass is 35.5. The summed E-state index contributed by atoms with van der Waals surface area (Å²) in [6.07, 6.45) is 6.44. The minimum absolute atomic E-state index is 0. The monoisotopic (exact) mass is 389 g/mol. The molecule has 0 heterocycles. The number of nitrogens with one attached hydrogen (secondary N) is 1. The summed E-state index contributed by atoms with van der Waals surface area (Å²) < 4.78 is 0. The van der Waals surface area contributed by atoms with Gasteiger partial charge in [-0.1, -0.05) is 43.5 Å². The van der Waals surface area contributed by atoms with Gasteiger partial charge in [-0.2, -0.15) is 0 Å². The number of rotatable bonds is 7. The second-order valence-electron chi connectivity index (χ2n) is 7.22. The zero-order valence-corrected chi connectivity index (χ0v) is 17.1. The van der Waals surface area contributed by atoms with Crippen molar-refractivity contribution in [2.75, 3.05) is 20.6 Å². The van der Waals surface area contributed by atoms with Crippen LogP contribution in [0.1, 0.15) is 49.7 Å². The molecule has 144 valence electrons. The molecule has 0 aromatic heterocycles. The first kappa shape index (κ1) is 24.2. The first-order valence-corrected chi connectivity index (χ1v) is 8.73. The number of nitrogens with zero attached hydrogens (tertiary/aromatic N) is 1. The van der Waals surface area contributed by atoms with Gasteiger partial charge >= 0.3 is 0 Å². The van der Waals surface area contributed by atoms with Crippen LogP contribution in [0.4, 0.5) is 0 Å². The molecule has 2 rings (SSSR count). The van der Waals surface area contributed by atoms with Gasteiger partial charge in [0.15, 0.2) is 0 Å². The van der Waals surface area contributed by atoms with Crippen molar-refractivity contribution in [3.05, 3.63) is 35.4 Å². The van der Waals surface area contributed by atoms with Crippen LogP contribution in [-0.2, 0) is 17.9 Å². The van der Waals surface area contributed by atoms with Gasteiger partial charge in [0.2, 0.25) is 5.91 Å². The molecule has 0 saturated heterocycles. The average Bonchev–Trinajstić information content (AvgIpc) is 2.54. The molecular weight excluding hydrogens is 357 g/mol. The molecule has 0 spiro atoms. The molecule has 3 N–H and O–H groups in total. The molecule has 1 amide bonds. The smallest absolute Gasteiger partial charge is 0.220 e. The number of hydrogen-bond donors (Lipinski definition) is 2. The summed E-state index contributed by atoms with van der Waals surface area (Å²) in [5.74, 6) is 0.136. The topological polar surface area (TPSA) is 58.4 Å². The van der Waals surface area contributed by atoms with Crippen LogP contribution >= 0.6 is 24.8 Å². The van der Waals surface area contributed by atoms with E-state index in [2.05, 4.69) is 42.5 Å². The molecule has 0 bridgehead atoms. The predicted molar refractivity (Wildman–Crippen MR) is 109 cm³/mol. The molecule has 1 aliphatic rings. The molecule has 1 fully saturated rings. The van der Waals surface area contributed by atoms with E-state index in [4.69, 9.17) is 5.73 Å². The van der Waals surface area contributed by atoms with Crippen LogP contribution in [0.3, 0.4) is 0 Å². The lowest BCUT2D eigenvalue weighted by molar-refractivity contribution is -0.124. The quantitative estimate of drug-likeness (QED) is 0.749. The summed E-state index contributed by atoms with van der Waals surface area (Å²) in [7, 11) is 4.12. The molecule has 0 aliphatic heterocycles. The summed E-state index contributed by atoms with van der Waals surface area (Å²) in [6, 6.07) is 8.31. The van der Waals surface area contributed by atoms with Crippen molar-refractivity contribution in [3.8, 4) is 0 Å². The Balaban J connectivity index is 0.00000288. The van der Waals surface area contributed by atoms with E-state index < -0.39 is 0 Å². The molecule has 25 heavy (non-hydrogen) atoms. The summed E-state index contributed by atoms with van der Waals surface area (Å²) >= 11 is 0. The Bertz CT molecular complexity index is 517. The molecular formula is C19H33Cl2N3O. The minimum atomic E-state index is 0. The summed E-state index contributed by atoms with van der Waals surface area (Å²) in [5.41, 5.74) is 8.48. The van der Waals surface area contributed by atoms with Gasteiger partial charge in [0.05, 0.1) is 0 Å². The lowest BCUT2D eigenvalue weighted by Gasteiger charge is -2.35. The molecule has 1 aromatic rings. The van der Waals surface area contributed by atoms with Crippen LogP contribution in [0.2, 0.25) is 0 Å². The molecule has 1 saturated carbocycles. The van der Waals surface area contributed by atoms with Gasteiger partial charge in [-0.15, -0.1) is 24.8 Å². The van der Waals surface area contributed by atoms with Crippen molar-refractivity contribution in [1.29, 1.82) is 0 Å². The van der Waals surface area contributed by atoms with Crippen molar-refractivity contribution in [1.82, 2.24) is 10.2 Å². The van der Waals surface area contributed by atoms with Crippen molar-refractivity contribution in [2.24, 2.45) is 11.1 Å². The van der Waals surface area contributed by atoms with Crippen molar-refractivity contribution in [2.45, 2.75) is 51.6 Å².